The normalized spacial score (nSPS) is 48.5. The largest absolute Gasteiger partial charge is 0.458 e. The lowest BCUT2D eigenvalue weighted by molar-refractivity contribution is -0.174. The third kappa shape index (κ3) is 2.09. The lowest BCUT2D eigenvalue weighted by Gasteiger charge is -2.50. The molecule has 0 spiro atoms. The number of aliphatic hydroxyl groups excluding tert-OH is 1. The molecular formula is C22H29O6. The van der Waals surface area contributed by atoms with Gasteiger partial charge in [0.15, 0.2) is 5.78 Å². The minimum Gasteiger partial charge on any atom is -0.458 e. The number of esters is 1. The van der Waals surface area contributed by atoms with Crippen molar-refractivity contribution in [2.24, 2.45) is 29.1 Å². The first-order valence-electron chi connectivity index (χ1n) is 9.90. The van der Waals surface area contributed by atoms with Gasteiger partial charge in [0.05, 0.1) is 12.2 Å². The fourth-order valence-electron chi connectivity index (χ4n) is 6.51. The van der Waals surface area contributed by atoms with Crippen molar-refractivity contribution >= 4 is 11.8 Å². The zero-order valence-corrected chi connectivity index (χ0v) is 17.0. The number of fused-ring (bicyclic) bond motifs is 5. The number of aliphatic hydroxyl groups is 3. The van der Waals surface area contributed by atoms with Crippen LogP contribution in [0.5, 0.6) is 0 Å². The van der Waals surface area contributed by atoms with E-state index in [1.807, 2.05) is 33.3 Å². The number of Topliss-reactive ketones (excluding diaryl/α,β-unsaturated/α-hetero) is 1. The van der Waals surface area contributed by atoms with Gasteiger partial charge in [-0.15, -0.1) is 0 Å². The Hall–Kier alpha value is -1.50. The van der Waals surface area contributed by atoms with Gasteiger partial charge in [-0.3, -0.25) is 9.59 Å². The van der Waals surface area contributed by atoms with E-state index in [9.17, 15) is 24.9 Å². The topological polar surface area (TPSA) is 104 Å². The van der Waals surface area contributed by atoms with Crippen molar-refractivity contribution < 1.29 is 29.6 Å². The molecule has 0 aromatic carbocycles. The fourth-order valence-corrected chi connectivity index (χ4v) is 6.51. The minimum atomic E-state index is -1.77. The summed E-state index contributed by atoms with van der Waals surface area (Å²) in [7, 11) is 0. The number of hydrogen-bond acceptors (Lipinski definition) is 6. The van der Waals surface area contributed by atoms with Gasteiger partial charge in [0.1, 0.15) is 11.2 Å². The molecule has 0 aliphatic heterocycles. The second kappa shape index (κ2) is 5.55. The van der Waals surface area contributed by atoms with E-state index in [1.54, 1.807) is 13.0 Å². The average molecular weight is 389 g/mol. The van der Waals surface area contributed by atoms with Gasteiger partial charge in [0, 0.05) is 42.9 Å². The number of carbonyl (C=O) groups is 2. The highest BCUT2D eigenvalue weighted by Gasteiger charge is 2.83. The molecule has 7 atom stereocenters. The SMILES string of the molecule is CC(=O)O[C@@]12[CH][C@@H](C)[C@]3(O)C(C=C(CO)C[C@]4(O)C(=O)C(C)=CC34)C1C2(C)C. The maximum absolute atomic E-state index is 12.8. The third-order valence-corrected chi connectivity index (χ3v) is 7.89. The fraction of sp³-hybridized carbons (Fsp3) is 0.682. The Balaban J connectivity index is 1.90. The number of rotatable bonds is 2. The molecule has 28 heavy (non-hydrogen) atoms. The molecule has 6 heteroatoms. The van der Waals surface area contributed by atoms with Crippen molar-refractivity contribution in [3.63, 3.8) is 0 Å². The molecular weight excluding hydrogens is 360 g/mol. The van der Waals surface area contributed by atoms with Crippen LogP contribution >= 0.6 is 0 Å². The Morgan fingerprint density at radius 2 is 1.93 bits per heavy atom. The molecule has 0 bridgehead atoms. The molecule has 0 aromatic rings. The maximum Gasteiger partial charge on any atom is 0.303 e. The highest BCUT2D eigenvalue weighted by molar-refractivity contribution is 6.04. The summed E-state index contributed by atoms with van der Waals surface area (Å²) in [6.07, 6.45) is 5.37. The molecule has 2 fully saturated rings. The van der Waals surface area contributed by atoms with Gasteiger partial charge >= 0.3 is 5.97 Å². The van der Waals surface area contributed by atoms with Crippen LogP contribution in [0.4, 0.5) is 0 Å². The molecule has 4 aliphatic rings. The van der Waals surface area contributed by atoms with Gasteiger partial charge < -0.3 is 20.1 Å². The van der Waals surface area contributed by atoms with Crippen molar-refractivity contribution in [2.45, 2.75) is 57.8 Å². The first-order chi connectivity index (χ1) is 12.9. The summed E-state index contributed by atoms with van der Waals surface area (Å²) in [6.45, 7) is 8.56. The smallest absolute Gasteiger partial charge is 0.303 e. The highest BCUT2D eigenvalue weighted by atomic mass is 16.6. The van der Waals surface area contributed by atoms with Crippen LogP contribution in [0.3, 0.4) is 0 Å². The molecule has 153 valence electrons. The van der Waals surface area contributed by atoms with Gasteiger partial charge in [-0.05, 0) is 24.0 Å². The van der Waals surface area contributed by atoms with Crippen LogP contribution in [0.15, 0.2) is 23.3 Å². The Labute approximate surface area is 165 Å². The van der Waals surface area contributed by atoms with Crippen LogP contribution in [0.2, 0.25) is 0 Å². The minimum absolute atomic E-state index is 0.0138. The van der Waals surface area contributed by atoms with Crippen LogP contribution in [-0.4, -0.2) is 50.5 Å². The second-order valence-corrected chi connectivity index (χ2v) is 9.70. The number of carbonyl (C=O) groups excluding carboxylic acids is 2. The van der Waals surface area contributed by atoms with E-state index in [-0.39, 0.29) is 24.9 Å². The zero-order chi connectivity index (χ0) is 20.9. The van der Waals surface area contributed by atoms with Gasteiger partial charge in [-0.25, -0.2) is 0 Å². The molecule has 0 amide bonds. The van der Waals surface area contributed by atoms with E-state index < -0.39 is 45.8 Å². The van der Waals surface area contributed by atoms with E-state index in [1.165, 1.54) is 6.92 Å². The molecule has 3 N–H and O–H groups in total. The van der Waals surface area contributed by atoms with E-state index in [4.69, 9.17) is 4.74 Å². The standard InChI is InChI=1S/C22H29O6/c1-11-6-16-20(26,18(11)25)9-14(10-23)7-15-17-19(4,5)21(17,28-13(3)24)8-12(2)22(15,16)27/h6-8,12,15-17,23,26-27H,9-10H2,1-5H3/t12-,15?,16?,17?,20-,21+,22+/m1/s1. The number of ketones is 1. The Kier molecular flexibility index (Phi) is 3.93. The average Bonchev–Trinajstić information content (AvgIpc) is 2.99. The van der Waals surface area contributed by atoms with Gasteiger partial charge in [0.2, 0.25) is 0 Å². The van der Waals surface area contributed by atoms with Crippen LogP contribution in [0, 0.1) is 35.5 Å². The van der Waals surface area contributed by atoms with Crippen molar-refractivity contribution in [3.8, 4) is 0 Å². The zero-order valence-electron chi connectivity index (χ0n) is 17.0. The van der Waals surface area contributed by atoms with E-state index >= 15 is 0 Å². The quantitative estimate of drug-likeness (QED) is 0.486. The van der Waals surface area contributed by atoms with Crippen molar-refractivity contribution in [1.29, 1.82) is 0 Å². The third-order valence-electron chi connectivity index (χ3n) is 7.89. The molecule has 3 unspecified atom stereocenters. The highest BCUT2D eigenvalue weighted by Crippen LogP contribution is 2.76. The first kappa shape index (κ1) is 19.8. The predicted molar refractivity (Wildman–Crippen MR) is 101 cm³/mol. The summed E-state index contributed by atoms with van der Waals surface area (Å²) in [6, 6.07) is 0. The van der Waals surface area contributed by atoms with Crippen LogP contribution in [-0.2, 0) is 14.3 Å². The van der Waals surface area contributed by atoms with E-state index in [2.05, 4.69) is 0 Å². The molecule has 1 radical (unpaired) electrons. The number of ether oxygens (including phenoxy) is 1. The molecule has 2 saturated carbocycles. The van der Waals surface area contributed by atoms with Crippen LogP contribution < -0.4 is 0 Å². The van der Waals surface area contributed by atoms with E-state index in [0.717, 1.165) is 0 Å². The molecule has 0 saturated heterocycles. The van der Waals surface area contributed by atoms with Crippen LogP contribution in [0.25, 0.3) is 0 Å². The lowest BCUT2D eigenvalue weighted by Crippen LogP contribution is -2.61. The molecule has 0 aromatic heterocycles. The van der Waals surface area contributed by atoms with Gasteiger partial charge in [-0.1, -0.05) is 32.9 Å². The Morgan fingerprint density at radius 1 is 1.29 bits per heavy atom. The summed E-state index contributed by atoms with van der Waals surface area (Å²) >= 11 is 0. The van der Waals surface area contributed by atoms with Crippen LogP contribution in [0.1, 0.15) is 41.0 Å². The van der Waals surface area contributed by atoms with Crippen molar-refractivity contribution in [1.82, 2.24) is 0 Å². The van der Waals surface area contributed by atoms with Gasteiger partial charge in [-0.2, -0.15) is 0 Å². The number of hydrogen-bond donors (Lipinski definition) is 3. The predicted octanol–water partition coefficient (Wildman–Crippen LogP) is 1.34. The Morgan fingerprint density at radius 3 is 2.50 bits per heavy atom. The summed E-state index contributed by atoms with van der Waals surface area (Å²) in [4.78, 5) is 24.6. The molecule has 0 heterocycles. The van der Waals surface area contributed by atoms with Crippen molar-refractivity contribution in [3.05, 3.63) is 29.7 Å². The molecule has 6 nitrogen and oxygen atoms in total. The summed E-state index contributed by atoms with van der Waals surface area (Å²) < 4.78 is 5.78. The summed E-state index contributed by atoms with van der Waals surface area (Å²) in [5.41, 5.74) is -3.47. The summed E-state index contributed by atoms with van der Waals surface area (Å²) in [5.74, 6) is -2.71. The van der Waals surface area contributed by atoms with E-state index in [0.29, 0.717) is 11.1 Å². The second-order valence-electron chi connectivity index (χ2n) is 9.70. The Bertz CT molecular complexity index is 825. The first-order valence-corrected chi connectivity index (χ1v) is 9.90. The maximum atomic E-state index is 12.8. The lowest BCUT2D eigenvalue weighted by atomic mass is 9.60. The molecule has 4 aliphatic carbocycles. The summed E-state index contributed by atoms with van der Waals surface area (Å²) in [5, 5.41) is 33.3. The van der Waals surface area contributed by atoms with Gasteiger partial charge in [0.25, 0.3) is 0 Å². The molecule has 4 rings (SSSR count). The van der Waals surface area contributed by atoms with Crippen molar-refractivity contribution in [2.75, 3.05) is 6.61 Å². The monoisotopic (exact) mass is 389 g/mol.